The first-order valence-electron chi connectivity index (χ1n) is 8.04. The molecule has 1 aliphatic carbocycles. The zero-order valence-electron chi connectivity index (χ0n) is 12.8. The molecule has 5 heteroatoms. The van der Waals surface area contributed by atoms with Crippen molar-refractivity contribution in [2.45, 2.75) is 44.2 Å². The molecule has 1 saturated heterocycles. The number of rotatable bonds is 4. The Morgan fingerprint density at radius 3 is 2.32 bits per heavy atom. The van der Waals surface area contributed by atoms with E-state index in [-0.39, 0.29) is 11.8 Å². The van der Waals surface area contributed by atoms with Crippen molar-refractivity contribution in [2.24, 2.45) is 5.73 Å². The van der Waals surface area contributed by atoms with Gasteiger partial charge >= 0.3 is 0 Å². The molecule has 1 saturated carbocycles. The average Bonchev–Trinajstić information content (AvgIpc) is 3.32. The van der Waals surface area contributed by atoms with Crippen LogP contribution >= 0.6 is 0 Å². The summed E-state index contributed by atoms with van der Waals surface area (Å²) >= 11 is 0. The number of hydrogen-bond donors (Lipinski definition) is 2. The van der Waals surface area contributed by atoms with Gasteiger partial charge in [0.25, 0.3) is 5.91 Å². The van der Waals surface area contributed by atoms with Gasteiger partial charge in [0, 0.05) is 25.2 Å². The van der Waals surface area contributed by atoms with Crippen LogP contribution in [0.3, 0.4) is 0 Å². The third-order valence-electron chi connectivity index (χ3n) is 4.54. The maximum absolute atomic E-state index is 12.4. The summed E-state index contributed by atoms with van der Waals surface area (Å²) < 4.78 is 0. The third-order valence-corrected chi connectivity index (χ3v) is 4.54. The minimum absolute atomic E-state index is 0.0824. The second kappa shape index (κ2) is 6.08. The molecule has 5 nitrogen and oxygen atoms in total. The predicted octanol–water partition coefficient (Wildman–Crippen LogP) is 1.42. The molecule has 3 N–H and O–H groups in total. The number of nitrogens with one attached hydrogen (secondary N) is 1. The van der Waals surface area contributed by atoms with Crippen molar-refractivity contribution < 1.29 is 9.59 Å². The predicted molar refractivity (Wildman–Crippen MR) is 84.2 cm³/mol. The second-order valence-corrected chi connectivity index (χ2v) is 6.39. The fourth-order valence-electron chi connectivity index (χ4n) is 2.76. The van der Waals surface area contributed by atoms with Crippen LogP contribution in [0.4, 0.5) is 0 Å². The summed E-state index contributed by atoms with van der Waals surface area (Å²) in [5, 5.41) is 2.85. The van der Waals surface area contributed by atoms with Crippen LogP contribution in [-0.2, 0) is 11.3 Å². The fraction of sp³-hybridized carbons (Fsp3) is 0.529. The van der Waals surface area contributed by atoms with Crippen LogP contribution in [0.25, 0.3) is 0 Å². The molecule has 1 aliphatic heterocycles. The molecule has 2 fully saturated rings. The van der Waals surface area contributed by atoms with E-state index in [0.29, 0.717) is 6.54 Å². The van der Waals surface area contributed by atoms with E-state index in [1.165, 1.54) is 6.42 Å². The van der Waals surface area contributed by atoms with E-state index >= 15 is 0 Å². The Morgan fingerprint density at radius 1 is 1.09 bits per heavy atom. The zero-order valence-corrected chi connectivity index (χ0v) is 12.8. The number of benzene rings is 1. The summed E-state index contributed by atoms with van der Waals surface area (Å²) in [5.74, 6) is 0.0233. The minimum atomic E-state index is -0.635. The highest BCUT2D eigenvalue weighted by Gasteiger charge is 2.45. The maximum Gasteiger partial charge on any atom is 0.253 e. The third kappa shape index (κ3) is 3.30. The van der Waals surface area contributed by atoms with Gasteiger partial charge in [-0.25, -0.2) is 0 Å². The average molecular weight is 301 g/mol. The largest absolute Gasteiger partial charge is 0.350 e. The van der Waals surface area contributed by atoms with E-state index in [9.17, 15) is 9.59 Å². The Hall–Kier alpha value is -1.88. The van der Waals surface area contributed by atoms with E-state index in [4.69, 9.17) is 5.73 Å². The molecular weight excluding hydrogens is 278 g/mol. The van der Waals surface area contributed by atoms with Gasteiger partial charge in [0.1, 0.15) is 0 Å². The smallest absolute Gasteiger partial charge is 0.253 e. The lowest BCUT2D eigenvalue weighted by atomic mass is 10.1. The Kier molecular flexibility index (Phi) is 4.16. The molecule has 1 aromatic rings. The summed E-state index contributed by atoms with van der Waals surface area (Å²) in [6, 6.07) is 7.47. The number of hydrogen-bond acceptors (Lipinski definition) is 3. The summed E-state index contributed by atoms with van der Waals surface area (Å²) in [6.45, 7) is 2.17. The second-order valence-electron chi connectivity index (χ2n) is 6.39. The van der Waals surface area contributed by atoms with Crippen LogP contribution in [0.2, 0.25) is 0 Å². The number of amides is 2. The molecule has 0 unspecified atom stereocenters. The summed E-state index contributed by atoms with van der Waals surface area (Å²) in [4.78, 5) is 26.1. The van der Waals surface area contributed by atoms with E-state index < -0.39 is 5.54 Å². The Morgan fingerprint density at radius 2 is 1.73 bits per heavy atom. The quantitative estimate of drug-likeness (QED) is 0.883. The minimum Gasteiger partial charge on any atom is -0.350 e. The highest BCUT2D eigenvalue weighted by molar-refractivity contribution is 5.94. The van der Waals surface area contributed by atoms with E-state index in [2.05, 4.69) is 5.32 Å². The van der Waals surface area contributed by atoms with Crippen LogP contribution in [0, 0.1) is 0 Å². The molecule has 1 heterocycles. The number of nitrogens with zero attached hydrogens (tertiary/aromatic N) is 1. The highest BCUT2D eigenvalue weighted by atomic mass is 16.2. The van der Waals surface area contributed by atoms with Gasteiger partial charge in [-0.15, -0.1) is 0 Å². The van der Waals surface area contributed by atoms with Crippen molar-refractivity contribution in [1.82, 2.24) is 10.2 Å². The summed E-state index contributed by atoms with van der Waals surface area (Å²) in [6.07, 6.45) is 4.93. The number of carbonyl (C=O) groups is 2. The molecule has 1 aromatic carbocycles. The molecule has 2 aliphatic rings. The highest BCUT2D eigenvalue weighted by Crippen LogP contribution is 2.32. The number of piperidine rings is 1. The Bertz CT molecular complexity index is 558. The molecule has 2 amide bonds. The van der Waals surface area contributed by atoms with E-state index in [1.54, 1.807) is 0 Å². The van der Waals surface area contributed by atoms with Gasteiger partial charge in [-0.2, -0.15) is 0 Å². The standard InChI is InChI=1S/C17H23N3O2/c18-17(8-9-17)16(22)19-12-13-4-6-14(7-5-13)15(21)20-10-2-1-3-11-20/h4-7H,1-3,8-12,18H2,(H,19,22). The molecule has 0 spiro atoms. The van der Waals surface area contributed by atoms with Crippen LogP contribution in [-0.4, -0.2) is 35.3 Å². The molecule has 3 rings (SSSR count). The first kappa shape index (κ1) is 15.0. The lowest BCUT2D eigenvalue weighted by Gasteiger charge is -2.26. The first-order chi connectivity index (χ1) is 10.6. The SMILES string of the molecule is NC1(C(=O)NCc2ccc(C(=O)N3CCCCC3)cc2)CC1. The van der Waals surface area contributed by atoms with Crippen molar-refractivity contribution in [3.05, 3.63) is 35.4 Å². The molecular formula is C17H23N3O2. The lowest BCUT2D eigenvalue weighted by molar-refractivity contribution is -0.123. The first-order valence-corrected chi connectivity index (χ1v) is 8.04. The van der Waals surface area contributed by atoms with Gasteiger partial charge in [-0.1, -0.05) is 12.1 Å². The summed E-state index contributed by atoms with van der Waals surface area (Å²) in [7, 11) is 0. The van der Waals surface area contributed by atoms with Crippen LogP contribution < -0.4 is 11.1 Å². The van der Waals surface area contributed by atoms with Crippen molar-refractivity contribution in [1.29, 1.82) is 0 Å². The number of carbonyl (C=O) groups excluding carboxylic acids is 2. The van der Waals surface area contributed by atoms with Crippen LogP contribution in [0.5, 0.6) is 0 Å². The fourth-order valence-corrected chi connectivity index (χ4v) is 2.76. The Labute approximate surface area is 130 Å². The molecule has 0 atom stereocenters. The number of likely N-dealkylation sites (tertiary alicyclic amines) is 1. The van der Waals surface area contributed by atoms with Gasteiger partial charge in [-0.3, -0.25) is 9.59 Å². The van der Waals surface area contributed by atoms with Gasteiger partial charge < -0.3 is 16.0 Å². The van der Waals surface area contributed by atoms with Crippen LogP contribution in [0.15, 0.2) is 24.3 Å². The van der Waals surface area contributed by atoms with Crippen molar-refractivity contribution in [2.75, 3.05) is 13.1 Å². The lowest BCUT2D eigenvalue weighted by Crippen LogP contribution is -2.42. The monoisotopic (exact) mass is 301 g/mol. The maximum atomic E-state index is 12.4. The van der Waals surface area contributed by atoms with E-state index in [0.717, 1.165) is 49.9 Å². The zero-order chi connectivity index (χ0) is 15.6. The number of nitrogens with two attached hydrogens (primary N) is 1. The Balaban J connectivity index is 1.55. The normalized spacial score (nSPS) is 19.6. The van der Waals surface area contributed by atoms with Crippen LogP contribution in [0.1, 0.15) is 48.0 Å². The molecule has 118 valence electrons. The van der Waals surface area contributed by atoms with Gasteiger partial charge in [0.05, 0.1) is 5.54 Å². The van der Waals surface area contributed by atoms with Gasteiger partial charge in [0.2, 0.25) is 5.91 Å². The van der Waals surface area contributed by atoms with E-state index in [1.807, 2.05) is 29.2 Å². The molecule has 22 heavy (non-hydrogen) atoms. The molecule has 0 bridgehead atoms. The topological polar surface area (TPSA) is 75.4 Å². The molecule has 0 radical (unpaired) electrons. The molecule has 0 aromatic heterocycles. The van der Waals surface area contributed by atoms with Crippen molar-refractivity contribution in [3.63, 3.8) is 0 Å². The van der Waals surface area contributed by atoms with Crippen molar-refractivity contribution >= 4 is 11.8 Å². The van der Waals surface area contributed by atoms with Gasteiger partial charge in [0.15, 0.2) is 0 Å². The summed E-state index contributed by atoms with van der Waals surface area (Å²) in [5.41, 5.74) is 6.90. The van der Waals surface area contributed by atoms with Gasteiger partial charge in [-0.05, 0) is 49.8 Å². The van der Waals surface area contributed by atoms with Crippen molar-refractivity contribution in [3.8, 4) is 0 Å².